The van der Waals surface area contributed by atoms with Crippen molar-refractivity contribution in [3.8, 4) is 0 Å². The highest BCUT2D eigenvalue weighted by atomic mass is 16.1. The van der Waals surface area contributed by atoms with Gasteiger partial charge in [-0.2, -0.15) is 0 Å². The van der Waals surface area contributed by atoms with E-state index < -0.39 is 0 Å². The van der Waals surface area contributed by atoms with E-state index in [4.69, 9.17) is 0 Å². The number of para-hydroxylation sites is 1. The molecule has 1 fully saturated rings. The van der Waals surface area contributed by atoms with E-state index in [0.717, 1.165) is 43.8 Å². The molecule has 32 heavy (non-hydrogen) atoms. The van der Waals surface area contributed by atoms with Gasteiger partial charge >= 0.3 is 0 Å². The molecule has 1 N–H and O–H groups in total. The SMILES string of the molecule is O=C(Nc1ccc2ccccc2c1)c1ccc(CN2CCN(c3ccccc3)CC2)cc1. The van der Waals surface area contributed by atoms with E-state index in [9.17, 15) is 4.79 Å². The molecular weight excluding hydrogens is 394 g/mol. The Kier molecular flexibility index (Phi) is 5.86. The number of rotatable bonds is 5. The highest BCUT2D eigenvalue weighted by Crippen LogP contribution is 2.20. The fourth-order valence-electron chi connectivity index (χ4n) is 4.29. The molecule has 4 heteroatoms. The molecule has 1 aliphatic rings. The van der Waals surface area contributed by atoms with Crippen molar-refractivity contribution >= 4 is 28.1 Å². The zero-order valence-corrected chi connectivity index (χ0v) is 18.1. The van der Waals surface area contributed by atoms with Gasteiger partial charge in [0.1, 0.15) is 0 Å². The molecule has 0 bridgehead atoms. The van der Waals surface area contributed by atoms with Crippen molar-refractivity contribution in [2.45, 2.75) is 6.54 Å². The largest absolute Gasteiger partial charge is 0.369 e. The summed E-state index contributed by atoms with van der Waals surface area (Å²) >= 11 is 0. The van der Waals surface area contributed by atoms with E-state index in [1.807, 2.05) is 42.5 Å². The number of anilines is 2. The molecule has 1 saturated heterocycles. The Morgan fingerprint density at radius 1 is 0.719 bits per heavy atom. The summed E-state index contributed by atoms with van der Waals surface area (Å²) in [6.07, 6.45) is 0. The number of nitrogens with zero attached hydrogens (tertiary/aromatic N) is 2. The Balaban J connectivity index is 1.16. The van der Waals surface area contributed by atoms with Crippen molar-refractivity contribution < 1.29 is 4.79 Å². The summed E-state index contributed by atoms with van der Waals surface area (Å²) in [6.45, 7) is 5.07. The maximum absolute atomic E-state index is 12.7. The smallest absolute Gasteiger partial charge is 0.255 e. The lowest BCUT2D eigenvalue weighted by atomic mass is 10.1. The summed E-state index contributed by atoms with van der Waals surface area (Å²) in [7, 11) is 0. The number of hydrogen-bond acceptors (Lipinski definition) is 3. The van der Waals surface area contributed by atoms with Gasteiger partial charge in [-0.25, -0.2) is 0 Å². The molecule has 1 heterocycles. The molecule has 1 amide bonds. The average molecular weight is 422 g/mol. The van der Waals surface area contributed by atoms with Crippen molar-refractivity contribution in [2.75, 3.05) is 36.4 Å². The van der Waals surface area contributed by atoms with E-state index in [1.165, 1.54) is 16.6 Å². The van der Waals surface area contributed by atoms with Crippen LogP contribution in [-0.2, 0) is 6.54 Å². The Hall–Kier alpha value is -3.63. The maximum Gasteiger partial charge on any atom is 0.255 e. The fraction of sp³-hybridized carbons (Fsp3) is 0.179. The van der Waals surface area contributed by atoms with Gasteiger partial charge in [0.25, 0.3) is 5.91 Å². The van der Waals surface area contributed by atoms with E-state index in [0.29, 0.717) is 5.56 Å². The van der Waals surface area contributed by atoms with Crippen LogP contribution >= 0.6 is 0 Å². The third-order valence-electron chi connectivity index (χ3n) is 6.12. The highest BCUT2D eigenvalue weighted by molar-refractivity contribution is 6.05. The van der Waals surface area contributed by atoms with Crippen LogP contribution in [0.4, 0.5) is 11.4 Å². The number of amides is 1. The minimum atomic E-state index is -0.0803. The third-order valence-corrected chi connectivity index (χ3v) is 6.12. The van der Waals surface area contributed by atoms with Crippen molar-refractivity contribution in [1.29, 1.82) is 0 Å². The first kappa shape index (κ1) is 20.3. The summed E-state index contributed by atoms with van der Waals surface area (Å²) < 4.78 is 0. The van der Waals surface area contributed by atoms with Crippen molar-refractivity contribution in [3.05, 3.63) is 108 Å². The zero-order chi connectivity index (χ0) is 21.8. The van der Waals surface area contributed by atoms with E-state index in [2.05, 4.69) is 69.7 Å². The van der Waals surface area contributed by atoms with Crippen LogP contribution in [0.2, 0.25) is 0 Å². The third kappa shape index (κ3) is 4.66. The minimum Gasteiger partial charge on any atom is -0.369 e. The van der Waals surface area contributed by atoms with Gasteiger partial charge in [0.15, 0.2) is 0 Å². The van der Waals surface area contributed by atoms with E-state index in [1.54, 1.807) is 0 Å². The fourth-order valence-corrected chi connectivity index (χ4v) is 4.29. The van der Waals surface area contributed by atoms with Crippen LogP contribution in [0.15, 0.2) is 97.1 Å². The molecule has 4 aromatic carbocycles. The molecule has 0 atom stereocenters. The first-order valence-electron chi connectivity index (χ1n) is 11.2. The molecule has 0 radical (unpaired) electrons. The van der Waals surface area contributed by atoms with Crippen LogP contribution in [0.1, 0.15) is 15.9 Å². The standard InChI is InChI=1S/C28H27N3O/c32-28(29-26-15-14-23-6-4-5-7-25(23)20-26)24-12-10-22(11-13-24)21-30-16-18-31(19-17-30)27-8-2-1-3-9-27/h1-15,20H,16-19,21H2,(H,29,32). The minimum absolute atomic E-state index is 0.0803. The Labute approximate surface area is 189 Å². The van der Waals surface area contributed by atoms with Gasteiger partial charge in [-0.3, -0.25) is 9.69 Å². The second-order valence-electron chi connectivity index (χ2n) is 8.31. The zero-order valence-electron chi connectivity index (χ0n) is 18.1. The summed E-state index contributed by atoms with van der Waals surface area (Å²) in [4.78, 5) is 17.6. The van der Waals surface area contributed by atoms with Crippen LogP contribution in [0.25, 0.3) is 10.8 Å². The number of carbonyl (C=O) groups excluding carboxylic acids is 1. The first-order valence-corrected chi connectivity index (χ1v) is 11.2. The molecule has 5 rings (SSSR count). The molecule has 0 aliphatic carbocycles. The molecule has 0 spiro atoms. The maximum atomic E-state index is 12.7. The lowest BCUT2D eigenvalue weighted by Crippen LogP contribution is -2.45. The number of hydrogen-bond donors (Lipinski definition) is 1. The molecule has 1 aliphatic heterocycles. The van der Waals surface area contributed by atoms with Crippen LogP contribution < -0.4 is 10.2 Å². The van der Waals surface area contributed by atoms with Gasteiger partial charge < -0.3 is 10.2 Å². The van der Waals surface area contributed by atoms with Gasteiger partial charge in [-0.15, -0.1) is 0 Å². The number of benzene rings is 4. The van der Waals surface area contributed by atoms with Crippen molar-refractivity contribution in [2.24, 2.45) is 0 Å². The predicted octanol–water partition coefficient (Wildman–Crippen LogP) is 5.41. The van der Waals surface area contributed by atoms with Crippen LogP contribution in [0.3, 0.4) is 0 Å². The van der Waals surface area contributed by atoms with Gasteiger partial charge in [-0.05, 0) is 52.7 Å². The lowest BCUT2D eigenvalue weighted by Gasteiger charge is -2.36. The van der Waals surface area contributed by atoms with Crippen molar-refractivity contribution in [1.82, 2.24) is 4.90 Å². The highest BCUT2D eigenvalue weighted by Gasteiger charge is 2.17. The first-order chi connectivity index (χ1) is 15.7. The summed E-state index contributed by atoms with van der Waals surface area (Å²) in [5.74, 6) is -0.0803. The molecule has 0 unspecified atom stereocenters. The van der Waals surface area contributed by atoms with Gasteiger partial charge in [-0.1, -0.05) is 60.7 Å². The van der Waals surface area contributed by atoms with Gasteiger partial charge in [0.2, 0.25) is 0 Å². The second kappa shape index (κ2) is 9.25. The summed E-state index contributed by atoms with van der Waals surface area (Å²) in [5, 5.41) is 5.30. The Morgan fingerprint density at radius 3 is 2.16 bits per heavy atom. The summed E-state index contributed by atoms with van der Waals surface area (Å²) in [5.41, 5.74) is 4.03. The monoisotopic (exact) mass is 421 g/mol. The van der Waals surface area contributed by atoms with E-state index >= 15 is 0 Å². The molecule has 0 saturated carbocycles. The van der Waals surface area contributed by atoms with Crippen LogP contribution in [0, 0.1) is 0 Å². The van der Waals surface area contributed by atoms with Gasteiger partial charge in [0, 0.05) is 49.7 Å². The molecule has 4 nitrogen and oxygen atoms in total. The van der Waals surface area contributed by atoms with Gasteiger partial charge in [0.05, 0.1) is 0 Å². The number of piperazine rings is 1. The Morgan fingerprint density at radius 2 is 1.41 bits per heavy atom. The van der Waals surface area contributed by atoms with Crippen LogP contribution in [0.5, 0.6) is 0 Å². The molecule has 160 valence electrons. The normalized spacial score (nSPS) is 14.4. The topological polar surface area (TPSA) is 35.6 Å². The van der Waals surface area contributed by atoms with Crippen LogP contribution in [-0.4, -0.2) is 37.0 Å². The summed E-state index contributed by atoms with van der Waals surface area (Å²) in [6, 6.07) is 32.7. The number of fused-ring (bicyclic) bond motifs is 1. The molecule has 4 aromatic rings. The molecule has 0 aromatic heterocycles. The van der Waals surface area contributed by atoms with Crippen molar-refractivity contribution in [3.63, 3.8) is 0 Å². The Bertz CT molecular complexity index is 1200. The number of nitrogens with one attached hydrogen (secondary N) is 1. The quantitative estimate of drug-likeness (QED) is 0.468. The molecular formula is C28H27N3O. The number of carbonyl (C=O) groups is 1. The lowest BCUT2D eigenvalue weighted by molar-refractivity contribution is 0.102. The van der Waals surface area contributed by atoms with E-state index in [-0.39, 0.29) is 5.91 Å². The predicted molar refractivity (Wildman–Crippen MR) is 132 cm³/mol. The second-order valence-corrected chi connectivity index (χ2v) is 8.31. The average Bonchev–Trinajstić information content (AvgIpc) is 2.85.